The summed E-state index contributed by atoms with van der Waals surface area (Å²) in [6.07, 6.45) is -0.582. The van der Waals surface area contributed by atoms with E-state index in [1.54, 1.807) is 19.1 Å². The van der Waals surface area contributed by atoms with Gasteiger partial charge in [-0.3, -0.25) is 0 Å². The molecular formula is C9H13NO3S. The van der Waals surface area contributed by atoms with Crippen molar-refractivity contribution in [1.29, 1.82) is 0 Å². The van der Waals surface area contributed by atoms with Gasteiger partial charge in [-0.15, -0.1) is 0 Å². The van der Waals surface area contributed by atoms with E-state index in [0.717, 1.165) is 0 Å². The topological polar surface area (TPSA) is 66.4 Å². The summed E-state index contributed by atoms with van der Waals surface area (Å²) in [5.41, 5.74) is 0.694. The monoisotopic (exact) mass is 215 g/mol. The molecule has 0 saturated carbocycles. The molecule has 1 rings (SSSR count). The molecule has 0 amide bonds. The minimum absolute atomic E-state index is 0.199. The molecule has 4 nitrogen and oxygen atoms in total. The van der Waals surface area contributed by atoms with Crippen LogP contribution in [0.5, 0.6) is 0 Å². The van der Waals surface area contributed by atoms with Gasteiger partial charge in [0.1, 0.15) is 0 Å². The van der Waals surface area contributed by atoms with E-state index in [9.17, 15) is 13.5 Å². The van der Waals surface area contributed by atoms with Crippen LogP contribution in [-0.4, -0.2) is 20.6 Å². The van der Waals surface area contributed by atoms with Crippen LogP contribution in [0, 0.1) is 0 Å². The van der Waals surface area contributed by atoms with Crippen molar-refractivity contribution in [3.63, 3.8) is 0 Å². The maximum Gasteiger partial charge on any atom is 0.240 e. The third-order valence-corrected chi connectivity index (χ3v) is 3.37. The van der Waals surface area contributed by atoms with Crippen molar-refractivity contribution in [2.24, 2.45) is 0 Å². The number of sulfonamides is 1. The standard InChI is InChI=1S/C9H13NO3S/c1-7(11)8-3-5-9(6-4-8)14(12,13)10-2/h3-7,10-11H,1-2H3. The molecule has 1 aromatic rings. The van der Waals surface area contributed by atoms with Crippen molar-refractivity contribution in [3.05, 3.63) is 29.8 Å². The Bertz CT molecular complexity index is 395. The summed E-state index contributed by atoms with van der Waals surface area (Å²) in [5, 5.41) is 9.21. The summed E-state index contributed by atoms with van der Waals surface area (Å²) in [6.45, 7) is 1.63. The lowest BCUT2D eigenvalue weighted by molar-refractivity contribution is 0.199. The molecule has 2 N–H and O–H groups in total. The van der Waals surface area contributed by atoms with Crippen LogP contribution in [0.2, 0.25) is 0 Å². The fourth-order valence-corrected chi connectivity index (χ4v) is 1.77. The first kappa shape index (κ1) is 11.2. The maximum atomic E-state index is 11.3. The first-order chi connectivity index (χ1) is 6.47. The molecule has 0 aromatic heterocycles. The molecule has 1 atom stereocenters. The number of benzene rings is 1. The van der Waals surface area contributed by atoms with Crippen LogP contribution in [0.15, 0.2) is 29.2 Å². The molecule has 0 bridgehead atoms. The van der Waals surface area contributed by atoms with E-state index in [4.69, 9.17) is 0 Å². The Morgan fingerprint density at radius 1 is 1.29 bits per heavy atom. The molecule has 0 fully saturated rings. The second-order valence-corrected chi connectivity index (χ2v) is 4.84. The molecule has 78 valence electrons. The van der Waals surface area contributed by atoms with Crippen molar-refractivity contribution in [3.8, 4) is 0 Å². The molecular weight excluding hydrogens is 202 g/mol. The van der Waals surface area contributed by atoms with Gasteiger partial charge in [0, 0.05) is 0 Å². The highest BCUT2D eigenvalue weighted by atomic mass is 32.2. The SMILES string of the molecule is CNS(=O)(=O)c1ccc(C(C)O)cc1. The van der Waals surface area contributed by atoms with E-state index in [2.05, 4.69) is 4.72 Å². The lowest BCUT2D eigenvalue weighted by Crippen LogP contribution is -2.18. The van der Waals surface area contributed by atoms with Crippen LogP contribution < -0.4 is 4.72 Å². The highest BCUT2D eigenvalue weighted by molar-refractivity contribution is 7.89. The van der Waals surface area contributed by atoms with Gasteiger partial charge >= 0.3 is 0 Å². The summed E-state index contributed by atoms with van der Waals surface area (Å²) in [6, 6.07) is 6.12. The van der Waals surface area contributed by atoms with Crippen molar-refractivity contribution < 1.29 is 13.5 Å². The Hall–Kier alpha value is -0.910. The molecule has 0 aliphatic carbocycles. The largest absolute Gasteiger partial charge is 0.389 e. The molecule has 0 saturated heterocycles. The number of aliphatic hydroxyl groups excluding tert-OH is 1. The predicted molar refractivity (Wildman–Crippen MR) is 53.3 cm³/mol. The van der Waals surface area contributed by atoms with Crippen molar-refractivity contribution in [2.75, 3.05) is 7.05 Å². The number of aliphatic hydroxyl groups is 1. The third kappa shape index (κ3) is 2.31. The highest BCUT2D eigenvalue weighted by Gasteiger charge is 2.10. The quantitative estimate of drug-likeness (QED) is 0.778. The first-order valence-corrected chi connectivity index (χ1v) is 5.67. The Labute approximate surface area is 83.6 Å². The summed E-state index contributed by atoms with van der Waals surface area (Å²) in [4.78, 5) is 0.199. The number of rotatable bonds is 3. The second-order valence-electron chi connectivity index (χ2n) is 2.95. The Balaban J connectivity index is 3.06. The van der Waals surface area contributed by atoms with E-state index >= 15 is 0 Å². The van der Waals surface area contributed by atoms with Gasteiger partial charge in [-0.05, 0) is 31.7 Å². The van der Waals surface area contributed by atoms with Crippen molar-refractivity contribution in [2.45, 2.75) is 17.9 Å². The number of hydrogen-bond acceptors (Lipinski definition) is 3. The van der Waals surface area contributed by atoms with Crippen LogP contribution in [0.4, 0.5) is 0 Å². The van der Waals surface area contributed by atoms with Gasteiger partial charge in [0.05, 0.1) is 11.0 Å². The minimum Gasteiger partial charge on any atom is -0.389 e. The smallest absolute Gasteiger partial charge is 0.240 e. The summed E-state index contributed by atoms with van der Waals surface area (Å²) >= 11 is 0. The summed E-state index contributed by atoms with van der Waals surface area (Å²) in [5.74, 6) is 0. The molecule has 0 radical (unpaired) electrons. The lowest BCUT2D eigenvalue weighted by atomic mass is 10.1. The van der Waals surface area contributed by atoms with Gasteiger partial charge in [-0.1, -0.05) is 12.1 Å². The molecule has 5 heteroatoms. The van der Waals surface area contributed by atoms with Crippen LogP contribution in [0.3, 0.4) is 0 Å². The maximum absolute atomic E-state index is 11.3. The summed E-state index contributed by atoms with van der Waals surface area (Å²) < 4.78 is 24.8. The average molecular weight is 215 g/mol. The molecule has 0 spiro atoms. The zero-order valence-corrected chi connectivity index (χ0v) is 8.88. The fourth-order valence-electron chi connectivity index (χ4n) is 1.04. The van der Waals surface area contributed by atoms with Gasteiger partial charge in [-0.2, -0.15) is 0 Å². The minimum atomic E-state index is -3.37. The fraction of sp³-hybridized carbons (Fsp3) is 0.333. The Morgan fingerprint density at radius 3 is 2.14 bits per heavy atom. The number of hydrogen-bond donors (Lipinski definition) is 2. The second kappa shape index (κ2) is 4.08. The average Bonchev–Trinajstić information content (AvgIpc) is 2.18. The van der Waals surface area contributed by atoms with E-state index in [1.165, 1.54) is 19.2 Å². The van der Waals surface area contributed by atoms with Crippen molar-refractivity contribution in [1.82, 2.24) is 4.72 Å². The van der Waals surface area contributed by atoms with Gasteiger partial charge in [0.15, 0.2) is 0 Å². The predicted octanol–water partition coefficient (Wildman–Crippen LogP) is 0.648. The van der Waals surface area contributed by atoms with E-state index < -0.39 is 16.1 Å². The van der Waals surface area contributed by atoms with E-state index in [1.807, 2.05) is 0 Å². The van der Waals surface area contributed by atoms with Gasteiger partial charge in [-0.25, -0.2) is 13.1 Å². The summed E-state index contributed by atoms with van der Waals surface area (Å²) in [7, 11) is -2.01. The Morgan fingerprint density at radius 2 is 1.79 bits per heavy atom. The Kier molecular flexibility index (Phi) is 3.25. The molecule has 1 aromatic carbocycles. The van der Waals surface area contributed by atoms with Crippen molar-refractivity contribution >= 4 is 10.0 Å². The normalized spacial score (nSPS) is 13.9. The van der Waals surface area contributed by atoms with E-state index in [0.29, 0.717) is 5.56 Å². The van der Waals surface area contributed by atoms with Crippen LogP contribution in [0.25, 0.3) is 0 Å². The van der Waals surface area contributed by atoms with Gasteiger partial charge in [0.2, 0.25) is 10.0 Å². The first-order valence-electron chi connectivity index (χ1n) is 4.19. The zero-order chi connectivity index (χ0) is 10.8. The zero-order valence-electron chi connectivity index (χ0n) is 8.06. The van der Waals surface area contributed by atoms with Gasteiger partial charge < -0.3 is 5.11 Å². The highest BCUT2D eigenvalue weighted by Crippen LogP contribution is 2.15. The third-order valence-electron chi connectivity index (χ3n) is 1.94. The molecule has 14 heavy (non-hydrogen) atoms. The molecule has 1 unspecified atom stereocenters. The molecule has 0 aliphatic heterocycles. The lowest BCUT2D eigenvalue weighted by Gasteiger charge is -2.06. The van der Waals surface area contributed by atoms with Crippen LogP contribution in [0.1, 0.15) is 18.6 Å². The molecule has 0 aliphatic rings. The van der Waals surface area contributed by atoms with Crippen LogP contribution in [-0.2, 0) is 10.0 Å². The molecule has 0 heterocycles. The van der Waals surface area contributed by atoms with E-state index in [-0.39, 0.29) is 4.90 Å². The van der Waals surface area contributed by atoms with Crippen LogP contribution >= 0.6 is 0 Å². The number of nitrogens with one attached hydrogen (secondary N) is 1. The van der Waals surface area contributed by atoms with Gasteiger partial charge in [0.25, 0.3) is 0 Å².